The van der Waals surface area contributed by atoms with E-state index in [-0.39, 0.29) is 5.95 Å². The largest absolute Gasteiger partial charge is 0.434 e. The van der Waals surface area contributed by atoms with Crippen molar-refractivity contribution in [1.82, 2.24) is 14.9 Å². The second-order valence-electron chi connectivity index (χ2n) is 2.97. The molecule has 0 aliphatic carbocycles. The van der Waals surface area contributed by atoms with Gasteiger partial charge in [-0.05, 0) is 17.9 Å². The summed E-state index contributed by atoms with van der Waals surface area (Å²) < 4.78 is 1.55. The van der Waals surface area contributed by atoms with E-state index < -0.39 is 4.92 Å². The van der Waals surface area contributed by atoms with E-state index in [9.17, 15) is 10.1 Å². The molecule has 1 N–H and O–H groups in total. The topological polar surface area (TPSA) is 73.0 Å². The van der Waals surface area contributed by atoms with Crippen molar-refractivity contribution in [2.24, 2.45) is 0 Å². The van der Waals surface area contributed by atoms with E-state index in [0.717, 1.165) is 24.8 Å². The predicted octanol–water partition coefficient (Wildman–Crippen LogP) is 1.17. The highest BCUT2D eigenvalue weighted by atomic mass is 79.9. The molecular weight excluding hydrogens is 264 g/mol. The molecule has 84 valence electrons. The molecule has 1 heterocycles. The molecule has 0 saturated carbocycles. The van der Waals surface area contributed by atoms with Gasteiger partial charge < -0.3 is 15.4 Å². The van der Waals surface area contributed by atoms with Crippen LogP contribution in [0, 0.1) is 10.1 Å². The zero-order chi connectivity index (χ0) is 11.1. The molecule has 1 aromatic rings. The third-order valence-electron chi connectivity index (χ3n) is 1.88. The molecule has 6 nitrogen and oxygen atoms in total. The molecule has 0 amide bonds. The van der Waals surface area contributed by atoms with Crippen LogP contribution in [0.4, 0.5) is 5.95 Å². The van der Waals surface area contributed by atoms with Gasteiger partial charge in [0.1, 0.15) is 12.4 Å². The first-order valence-electron chi connectivity index (χ1n) is 4.68. The van der Waals surface area contributed by atoms with Crippen molar-refractivity contribution in [1.29, 1.82) is 0 Å². The van der Waals surface area contributed by atoms with Crippen LogP contribution in [0.5, 0.6) is 0 Å². The summed E-state index contributed by atoms with van der Waals surface area (Å²) >= 11 is 3.30. The second kappa shape index (κ2) is 6.52. The number of rotatable bonds is 7. The van der Waals surface area contributed by atoms with E-state index in [2.05, 4.69) is 26.2 Å². The van der Waals surface area contributed by atoms with Gasteiger partial charge in [0.15, 0.2) is 0 Å². The van der Waals surface area contributed by atoms with Crippen LogP contribution >= 0.6 is 15.9 Å². The van der Waals surface area contributed by atoms with Gasteiger partial charge in [0, 0.05) is 11.9 Å². The van der Waals surface area contributed by atoms with Crippen molar-refractivity contribution in [3.05, 3.63) is 22.5 Å². The van der Waals surface area contributed by atoms with E-state index in [1.165, 1.54) is 6.20 Å². The van der Waals surface area contributed by atoms with Crippen LogP contribution in [0.2, 0.25) is 0 Å². The molecule has 0 fully saturated rings. The van der Waals surface area contributed by atoms with Gasteiger partial charge >= 0.3 is 5.95 Å². The Kier molecular flexibility index (Phi) is 5.27. The molecule has 1 aromatic heterocycles. The molecular formula is C8H13BrN4O2. The Morgan fingerprint density at radius 2 is 2.40 bits per heavy atom. The lowest BCUT2D eigenvalue weighted by Crippen LogP contribution is -2.19. The maximum absolute atomic E-state index is 10.5. The molecule has 0 spiro atoms. The minimum Gasteiger partial charge on any atom is -0.390 e. The van der Waals surface area contributed by atoms with Crippen LogP contribution in [0.1, 0.15) is 6.42 Å². The Labute approximate surface area is 96.0 Å². The summed E-state index contributed by atoms with van der Waals surface area (Å²) in [5.74, 6) is -0.0875. The highest BCUT2D eigenvalue weighted by molar-refractivity contribution is 9.09. The van der Waals surface area contributed by atoms with E-state index in [1.807, 2.05) is 0 Å². The summed E-state index contributed by atoms with van der Waals surface area (Å²) in [7, 11) is 0. The maximum Gasteiger partial charge on any atom is 0.434 e. The molecule has 0 unspecified atom stereocenters. The van der Waals surface area contributed by atoms with Gasteiger partial charge in [-0.25, -0.2) is 4.57 Å². The fraction of sp³-hybridized carbons (Fsp3) is 0.625. The minimum absolute atomic E-state index is 0.0875. The number of nitro groups is 1. The van der Waals surface area contributed by atoms with Crippen molar-refractivity contribution in [2.75, 3.05) is 18.4 Å². The lowest BCUT2D eigenvalue weighted by Gasteiger charge is -2.02. The zero-order valence-corrected chi connectivity index (χ0v) is 9.81. The molecule has 0 bridgehead atoms. The van der Waals surface area contributed by atoms with Gasteiger partial charge in [-0.2, -0.15) is 0 Å². The highest BCUT2D eigenvalue weighted by Gasteiger charge is 2.12. The lowest BCUT2D eigenvalue weighted by molar-refractivity contribution is -0.396. The Hall–Kier alpha value is -0.950. The smallest absolute Gasteiger partial charge is 0.390 e. The maximum atomic E-state index is 10.5. The van der Waals surface area contributed by atoms with Crippen LogP contribution < -0.4 is 5.32 Å². The molecule has 0 aromatic carbocycles. The quantitative estimate of drug-likeness (QED) is 0.351. The standard InChI is InChI=1S/C8H13BrN4O2/c9-2-4-10-3-1-6-12-7-5-11-8(12)13(14)15/h5,7,10H,1-4,6H2. The summed E-state index contributed by atoms with van der Waals surface area (Å²) in [5, 5.41) is 14.6. The Morgan fingerprint density at radius 1 is 1.60 bits per heavy atom. The van der Waals surface area contributed by atoms with Gasteiger partial charge in [-0.3, -0.25) is 0 Å². The van der Waals surface area contributed by atoms with E-state index in [4.69, 9.17) is 0 Å². The average molecular weight is 277 g/mol. The number of aryl methyl sites for hydroxylation is 1. The molecule has 1 rings (SSSR count). The van der Waals surface area contributed by atoms with Crippen molar-refractivity contribution in [3.8, 4) is 0 Å². The Morgan fingerprint density at radius 3 is 3.07 bits per heavy atom. The van der Waals surface area contributed by atoms with Crippen molar-refractivity contribution in [3.63, 3.8) is 0 Å². The number of aromatic nitrogens is 2. The lowest BCUT2D eigenvalue weighted by atomic mass is 10.4. The number of halogens is 1. The van der Waals surface area contributed by atoms with Crippen LogP contribution in [0.25, 0.3) is 0 Å². The average Bonchev–Trinajstić information content (AvgIpc) is 2.66. The monoisotopic (exact) mass is 276 g/mol. The first kappa shape index (κ1) is 12.1. The molecule has 15 heavy (non-hydrogen) atoms. The molecule has 0 saturated heterocycles. The molecule has 0 aliphatic rings. The summed E-state index contributed by atoms with van der Waals surface area (Å²) in [4.78, 5) is 13.7. The first-order valence-corrected chi connectivity index (χ1v) is 5.80. The summed E-state index contributed by atoms with van der Waals surface area (Å²) in [6.45, 7) is 2.37. The number of imidazole rings is 1. The highest BCUT2D eigenvalue weighted by Crippen LogP contribution is 2.07. The second-order valence-corrected chi connectivity index (χ2v) is 3.76. The third-order valence-corrected chi connectivity index (χ3v) is 2.28. The van der Waals surface area contributed by atoms with Crippen molar-refractivity contribution in [2.45, 2.75) is 13.0 Å². The van der Waals surface area contributed by atoms with Crippen LogP contribution in [0.3, 0.4) is 0 Å². The summed E-state index contributed by atoms with van der Waals surface area (Å²) in [5.41, 5.74) is 0. The normalized spacial score (nSPS) is 10.5. The Bertz CT molecular complexity index is 315. The number of nitrogens with zero attached hydrogens (tertiary/aromatic N) is 3. The van der Waals surface area contributed by atoms with Gasteiger partial charge in [0.2, 0.25) is 0 Å². The van der Waals surface area contributed by atoms with Crippen LogP contribution in [-0.2, 0) is 6.54 Å². The van der Waals surface area contributed by atoms with Gasteiger partial charge in [-0.15, -0.1) is 0 Å². The van der Waals surface area contributed by atoms with Gasteiger partial charge in [-0.1, -0.05) is 20.9 Å². The van der Waals surface area contributed by atoms with Gasteiger partial charge in [0.25, 0.3) is 0 Å². The van der Waals surface area contributed by atoms with E-state index in [0.29, 0.717) is 6.54 Å². The predicted molar refractivity (Wildman–Crippen MR) is 60.2 cm³/mol. The summed E-state index contributed by atoms with van der Waals surface area (Å²) in [6.07, 6.45) is 3.93. The SMILES string of the molecule is O=[N+]([O-])c1nccn1CCCNCCBr. The number of hydrogen-bond donors (Lipinski definition) is 1. The minimum atomic E-state index is -0.466. The number of hydrogen-bond acceptors (Lipinski definition) is 4. The molecule has 7 heteroatoms. The Balaban J connectivity index is 2.31. The molecule has 0 radical (unpaired) electrons. The summed E-state index contributed by atoms with van der Waals surface area (Å²) in [6, 6.07) is 0. The van der Waals surface area contributed by atoms with E-state index >= 15 is 0 Å². The number of nitrogens with one attached hydrogen (secondary N) is 1. The number of alkyl halides is 1. The first-order chi connectivity index (χ1) is 7.25. The zero-order valence-electron chi connectivity index (χ0n) is 8.23. The van der Waals surface area contributed by atoms with E-state index in [1.54, 1.807) is 10.8 Å². The van der Waals surface area contributed by atoms with Crippen LogP contribution in [-0.4, -0.2) is 32.9 Å². The molecule has 0 atom stereocenters. The fourth-order valence-corrected chi connectivity index (χ4v) is 1.49. The molecule has 0 aliphatic heterocycles. The fourth-order valence-electron chi connectivity index (χ4n) is 1.21. The van der Waals surface area contributed by atoms with Gasteiger partial charge in [0.05, 0.1) is 6.54 Å². The third kappa shape index (κ3) is 3.96. The van der Waals surface area contributed by atoms with Crippen LogP contribution in [0.15, 0.2) is 12.4 Å². The van der Waals surface area contributed by atoms with Crippen molar-refractivity contribution < 1.29 is 4.92 Å². The van der Waals surface area contributed by atoms with Crippen molar-refractivity contribution >= 4 is 21.9 Å².